The summed E-state index contributed by atoms with van der Waals surface area (Å²) in [6, 6.07) is 0. The van der Waals surface area contributed by atoms with Gasteiger partial charge < -0.3 is 9.47 Å². The minimum absolute atomic E-state index is 0.315. The molecular weight excluding hydrogens is 248 g/mol. The van der Waals surface area contributed by atoms with Crippen LogP contribution in [0.2, 0.25) is 0 Å². The fourth-order valence-electron chi connectivity index (χ4n) is 3.84. The lowest BCUT2D eigenvalue weighted by Gasteiger charge is -2.50. The normalized spacial score (nSPS) is 49.3. The second kappa shape index (κ2) is 4.43. The van der Waals surface area contributed by atoms with Crippen molar-refractivity contribution in [3.8, 4) is 0 Å². The third kappa shape index (κ3) is 2.08. The molecule has 19 heavy (non-hydrogen) atoms. The summed E-state index contributed by atoms with van der Waals surface area (Å²) in [5.41, 5.74) is -0.626. The summed E-state index contributed by atoms with van der Waals surface area (Å²) < 4.78 is 11.3. The first kappa shape index (κ1) is 13.3. The van der Waals surface area contributed by atoms with Gasteiger partial charge in [0.1, 0.15) is 0 Å². The van der Waals surface area contributed by atoms with Gasteiger partial charge in [0.15, 0.2) is 5.60 Å². The van der Waals surface area contributed by atoms with Gasteiger partial charge in [0.25, 0.3) is 0 Å². The first-order valence-electron chi connectivity index (χ1n) is 7.17. The third-order valence-corrected chi connectivity index (χ3v) is 4.85. The number of rotatable bonds is 1. The van der Waals surface area contributed by atoms with Gasteiger partial charge in [-0.15, -0.1) is 0 Å². The number of carbonyl (C=O) groups excluding carboxylic acids is 1. The van der Waals surface area contributed by atoms with Crippen molar-refractivity contribution >= 4 is 5.97 Å². The van der Waals surface area contributed by atoms with Crippen LogP contribution in [0.4, 0.5) is 0 Å². The van der Waals surface area contributed by atoms with Crippen molar-refractivity contribution in [2.45, 2.75) is 70.6 Å². The number of esters is 1. The van der Waals surface area contributed by atoms with Crippen LogP contribution in [0.1, 0.15) is 52.9 Å². The Morgan fingerprint density at radius 1 is 1.26 bits per heavy atom. The Kier molecular flexibility index (Phi) is 3.11. The van der Waals surface area contributed by atoms with Crippen LogP contribution >= 0.6 is 0 Å². The Balaban J connectivity index is 1.97. The molecule has 108 valence electrons. The summed E-state index contributed by atoms with van der Waals surface area (Å²) in [5.74, 6) is -0.298. The average molecular weight is 270 g/mol. The van der Waals surface area contributed by atoms with Gasteiger partial charge in [0.2, 0.25) is 12.1 Å². The molecule has 0 N–H and O–H groups in total. The lowest BCUT2D eigenvalue weighted by Crippen LogP contribution is -2.61. The summed E-state index contributed by atoms with van der Waals surface area (Å²) in [5, 5.41) is 0. The molecule has 4 fully saturated rings. The van der Waals surface area contributed by atoms with Gasteiger partial charge in [0.05, 0.1) is 0 Å². The standard InChI is InChI=1S/C14H22O5/c1-9-5-4-7-14-11(9)6-8-13(3,18-19-14)17-12(14)16-10(2)15/h9,11-12H,4-8H2,1-3H3/t9-,11+,12-,13?,14+/m1/s1. The highest BCUT2D eigenvalue weighted by molar-refractivity contribution is 5.66. The number of hydrogen-bond acceptors (Lipinski definition) is 5. The number of carbonyl (C=O) groups is 1. The molecule has 0 amide bonds. The van der Waals surface area contributed by atoms with Crippen molar-refractivity contribution in [2.24, 2.45) is 11.8 Å². The minimum Gasteiger partial charge on any atom is -0.432 e. The van der Waals surface area contributed by atoms with E-state index in [9.17, 15) is 4.79 Å². The van der Waals surface area contributed by atoms with Gasteiger partial charge in [-0.05, 0) is 32.1 Å². The second-order valence-corrected chi connectivity index (χ2v) is 6.33. The molecule has 0 radical (unpaired) electrons. The maximum absolute atomic E-state index is 11.4. The van der Waals surface area contributed by atoms with E-state index in [0.29, 0.717) is 11.8 Å². The molecule has 3 heterocycles. The quantitative estimate of drug-likeness (QED) is 0.541. The maximum Gasteiger partial charge on any atom is 0.305 e. The van der Waals surface area contributed by atoms with Gasteiger partial charge >= 0.3 is 5.97 Å². The maximum atomic E-state index is 11.4. The molecule has 1 unspecified atom stereocenters. The van der Waals surface area contributed by atoms with E-state index in [1.54, 1.807) is 0 Å². The molecule has 5 heteroatoms. The van der Waals surface area contributed by atoms with Crippen molar-refractivity contribution in [3.63, 3.8) is 0 Å². The highest BCUT2D eigenvalue weighted by Gasteiger charge is 2.62. The summed E-state index contributed by atoms with van der Waals surface area (Å²) >= 11 is 0. The average Bonchev–Trinajstić information content (AvgIpc) is 2.54. The Morgan fingerprint density at radius 3 is 2.79 bits per heavy atom. The van der Waals surface area contributed by atoms with Crippen LogP contribution in [-0.4, -0.2) is 23.6 Å². The number of ether oxygens (including phenoxy) is 2. The molecule has 3 aliphatic heterocycles. The molecule has 1 spiro atoms. The molecular formula is C14H22O5. The molecule has 5 atom stereocenters. The van der Waals surface area contributed by atoms with Gasteiger partial charge in [0, 0.05) is 19.3 Å². The number of fused-ring (bicyclic) bond motifs is 3. The highest BCUT2D eigenvalue weighted by atomic mass is 17.3. The molecule has 0 aromatic heterocycles. The van der Waals surface area contributed by atoms with Gasteiger partial charge in [-0.25, -0.2) is 9.78 Å². The van der Waals surface area contributed by atoms with Crippen molar-refractivity contribution < 1.29 is 24.0 Å². The van der Waals surface area contributed by atoms with E-state index in [0.717, 1.165) is 25.7 Å². The predicted molar refractivity (Wildman–Crippen MR) is 65.7 cm³/mol. The molecule has 4 aliphatic rings. The summed E-state index contributed by atoms with van der Waals surface area (Å²) in [7, 11) is 0. The predicted octanol–water partition coefficient (Wildman–Crippen LogP) is 2.54. The Hall–Kier alpha value is -0.650. The lowest BCUT2D eigenvalue weighted by molar-refractivity contribution is -0.546. The van der Waals surface area contributed by atoms with Crippen LogP contribution in [0.15, 0.2) is 0 Å². The van der Waals surface area contributed by atoms with E-state index in [2.05, 4.69) is 6.92 Å². The zero-order valence-electron chi connectivity index (χ0n) is 11.8. The first-order chi connectivity index (χ1) is 8.95. The van der Waals surface area contributed by atoms with Crippen LogP contribution in [0.3, 0.4) is 0 Å². The molecule has 0 aromatic rings. The molecule has 1 saturated carbocycles. The van der Waals surface area contributed by atoms with E-state index < -0.39 is 17.7 Å². The Bertz CT molecular complexity index is 384. The summed E-state index contributed by atoms with van der Waals surface area (Å²) in [6.45, 7) is 5.49. The van der Waals surface area contributed by atoms with Crippen LogP contribution in [0.25, 0.3) is 0 Å². The zero-order valence-corrected chi connectivity index (χ0v) is 11.8. The topological polar surface area (TPSA) is 54.0 Å². The van der Waals surface area contributed by atoms with Crippen molar-refractivity contribution in [1.29, 1.82) is 0 Å². The zero-order chi connectivity index (χ0) is 13.7. The van der Waals surface area contributed by atoms with Crippen LogP contribution in [0.5, 0.6) is 0 Å². The Morgan fingerprint density at radius 2 is 2.05 bits per heavy atom. The van der Waals surface area contributed by atoms with Crippen LogP contribution in [0, 0.1) is 11.8 Å². The van der Waals surface area contributed by atoms with Crippen LogP contribution in [-0.2, 0) is 24.0 Å². The van der Waals surface area contributed by atoms with E-state index in [-0.39, 0.29) is 5.97 Å². The molecule has 4 rings (SSSR count). The van der Waals surface area contributed by atoms with Gasteiger partial charge in [-0.2, -0.15) is 0 Å². The highest BCUT2D eigenvalue weighted by Crippen LogP contribution is 2.53. The summed E-state index contributed by atoms with van der Waals surface area (Å²) in [4.78, 5) is 22.6. The van der Waals surface area contributed by atoms with Gasteiger partial charge in [-0.1, -0.05) is 13.3 Å². The van der Waals surface area contributed by atoms with Crippen molar-refractivity contribution in [1.82, 2.24) is 0 Å². The first-order valence-corrected chi connectivity index (χ1v) is 7.17. The third-order valence-electron chi connectivity index (χ3n) is 4.85. The fourth-order valence-corrected chi connectivity index (χ4v) is 3.84. The van der Waals surface area contributed by atoms with Crippen molar-refractivity contribution in [3.05, 3.63) is 0 Å². The molecule has 2 bridgehead atoms. The molecule has 3 saturated heterocycles. The fraction of sp³-hybridized carbons (Fsp3) is 0.929. The number of hydrogen-bond donors (Lipinski definition) is 0. The summed E-state index contributed by atoms with van der Waals surface area (Å²) in [6.07, 6.45) is 4.13. The molecule has 0 aromatic carbocycles. The Labute approximate surface area is 113 Å². The lowest BCUT2D eigenvalue weighted by atomic mass is 9.67. The van der Waals surface area contributed by atoms with E-state index >= 15 is 0 Å². The van der Waals surface area contributed by atoms with Gasteiger partial charge in [-0.3, -0.25) is 4.79 Å². The van der Waals surface area contributed by atoms with E-state index in [1.165, 1.54) is 13.3 Å². The van der Waals surface area contributed by atoms with E-state index in [4.69, 9.17) is 19.2 Å². The molecule has 5 nitrogen and oxygen atoms in total. The smallest absolute Gasteiger partial charge is 0.305 e. The van der Waals surface area contributed by atoms with E-state index in [1.807, 2.05) is 6.92 Å². The monoisotopic (exact) mass is 270 g/mol. The largest absolute Gasteiger partial charge is 0.432 e. The van der Waals surface area contributed by atoms with Crippen LogP contribution < -0.4 is 0 Å². The SMILES string of the molecule is CC(=O)O[C@@H]1OC2(C)CC[C@H]3[C@H](C)CCC[C@@]13OO2. The molecule has 1 aliphatic carbocycles. The van der Waals surface area contributed by atoms with Crippen molar-refractivity contribution in [2.75, 3.05) is 0 Å². The second-order valence-electron chi connectivity index (χ2n) is 6.33. The minimum atomic E-state index is -0.803.